The summed E-state index contributed by atoms with van der Waals surface area (Å²) in [5.74, 6) is -0.0229. The Morgan fingerprint density at radius 3 is 1.36 bits per heavy atom. The second-order valence-corrected chi connectivity index (χ2v) is 25.1. The van der Waals surface area contributed by atoms with Crippen LogP contribution in [0.5, 0.6) is 0 Å². The summed E-state index contributed by atoms with van der Waals surface area (Å²) in [6.45, 7) is 22.4. The van der Waals surface area contributed by atoms with Crippen LogP contribution in [0.4, 0.5) is 0 Å². The van der Waals surface area contributed by atoms with Gasteiger partial charge in [-0.3, -0.25) is 9.59 Å². The van der Waals surface area contributed by atoms with Crippen LogP contribution in [0.1, 0.15) is 92.4 Å². The van der Waals surface area contributed by atoms with E-state index in [-0.39, 0.29) is 72.5 Å². The van der Waals surface area contributed by atoms with Crippen LogP contribution < -0.4 is 0 Å². The lowest BCUT2D eigenvalue weighted by Gasteiger charge is -2.25. The molecule has 0 saturated heterocycles. The van der Waals surface area contributed by atoms with Crippen LogP contribution >= 0.6 is 68.0 Å². The van der Waals surface area contributed by atoms with Gasteiger partial charge in [0, 0.05) is 70.4 Å². The molecule has 4 unspecified atom stereocenters. The third kappa shape index (κ3) is 10.9. The second kappa shape index (κ2) is 19.2. The smallest absolute Gasteiger partial charge is 0.310 e. The topological polar surface area (TPSA) is 52.6 Å². The van der Waals surface area contributed by atoms with Crippen LogP contribution in [-0.4, -0.2) is 25.2 Å². The van der Waals surface area contributed by atoms with E-state index in [0.717, 1.165) is 27.3 Å². The molecular formula is C51H58O4S6. The highest BCUT2D eigenvalue weighted by Gasteiger charge is 2.42. The maximum Gasteiger partial charge on any atom is 0.310 e. The Hall–Kier alpha value is -3.38. The molecule has 4 nitrogen and oxygen atoms in total. The van der Waals surface area contributed by atoms with E-state index in [1.807, 2.05) is 36.5 Å². The first-order chi connectivity index (χ1) is 29.0. The number of rotatable bonds is 14. The zero-order chi connectivity index (χ0) is 43.6. The van der Waals surface area contributed by atoms with E-state index in [1.165, 1.54) is 48.8 Å². The highest BCUT2D eigenvalue weighted by molar-refractivity contribution is 7.27. The summed E-state index contributed by atoms with van der Waals surface area (Å²) in [6, 6.07) is 21.9. The predicted molar refractivity (Wildman–Crippen MR) is 266 cm³/mol. The number of aryl methyl sites for hydroxylation is 2. The van der Waals surface area contributed by atoms with Crippen molar-refractivity contribution in [2.75, 3.05) is 13.2 Å². The predicted octanol–water partition coefficient (Wildman–Crippen LogP) is 15.8. The van der Waals surface area contributed by atoms with Gasteiger partial charge in [0.25, 0.3) is 0 Å². The van der Waals surface area contributed by atoms with Gasteiger partial charge in [-0.05, 0) is 129 Å². The molecule has 0 N–H and O–H groups in total. The van der Waals surface area contributed by atoms with Gasteiger partial charge in [-0.25, -0.2) is 0 Å². The highest BCUT2D eigenvalue weighted by Crippen LogP contribution is 2.47. The Kier molecular flexibility index (Phi) is 14.3. The van der Waals surface area contributed by atoms with Crippen LogP contribution in [-0.2, 0) is 42.7 Å². The summed E-state index contributed by atoms with van der Waals surface area (Å²) in [5.41, 5.74) is 2.15. The van der Waals surface area contributed by atoms with Crippen molar-refractivity contribution in [2.24, 2.45) is 23.7 Å². The molecule has 61 heavy (non-hydrogen) atoms. The third-order valence-electron chi connectivity index (χ3n) is 11.3. The van der Waals surface area contributed by atoms with Gasteiger partial charge in [0.15, 0.2) is 0 Å². The molecule has 0 radical (unpaired) electrons. The fourth-order valence-electron chi connectivity index (χ4n) is 8.16. The van der Waals surface area contributed by atoms with Crippen LogP contribution in [0.15, 0.2) is 85.0 Å². The summed E-state index contributed by atoms with van der Waals surface area (Å²) in [4.78, 5) is 42.4. The first-order valence-electron chi connectivity index (χ1n) is 21.2. The minimum absolute atomic E-state index is 0.0145. The minimum atomic E-state index is -0.227. The van der Waals surface area contributed by atoms with E-state index < -0.39 is 0 Å². The van der Waals surface area contributed by atoms with E-state index in [1.54, 1.807) is 45.3 Å². The molecule has 6 aromatic heterocycles. The van der Waals surface area contributed by atoms with Crippen molar-refractivity contribution in [3.63, 3.8) is 0 Å². The van der Waals surface area contributed by atoms with Crippen molar-refractivity contribution < 1.29 is 19.1 Å². The van der Waals surface area contributed by atoms with Gasteiger partial charge in [0.05, 0.1) is 26.1 Å². The van der Waals surface area contributed by atoms with Crippen molar-refractivity contribution in [2.45, 2.75) is 99.3 Å². The summed E-state index contributed by atoms with van der Waals surface area (Å²) in [5, 5.41) is 0. The SMILES string of the molecule is C/C=C\C1CC(/C=C\C)C(COC(=O)Cc2cc(-c3ccc(C)s3)sc2-c2ccc(C(C)(C)C)s2)C1COC(=O)Cc1cc(-c2ccc(C(C)(C)C)s2)sc1-c1ccc(C)s1. The van der Waals surface area contributed by atoms with Gasteiger partial charge >= 0.3 is 11.9 Å². The summed E-state index contributed by atoms with van der Waals surface area (Å²) >= 11 is 10.7. The standard InChI is InChI=1S/C51H58O4S6/c1-11-13-32-23-33(14-12-2)37(29-55-47(53)27-35-24-42(38-17-15-30(3)56-38)60-49(35)41-20-22-45(59-41)51(8,9)10)36(32)28-54-46(52)26-34-25-43(39-19-21-44(58-39)50(5,6)7)61-48(34)40-18-16-31(4)57-40/h11-22,24-25,32-33,36-37H,23,26-29H2,1-10H3/b13-11-,14-12-. The molecule has 1 aliphatic carbocycles. The molecule has 0 aliphatic heterocycles. The molecule has 1 aliphatic rings. The first kappa shape index (κ1) is 45.6. The largest absolute Gasteiger partial charge is 0.465 e. The molecule has 0 bridgehead atoms. The Labute approximate surface area is 387 Å². The lowest BCUT2D eigenvalue weighted by atomic mass is 9.87. The third-order valence-corrected chi connectivity index (χ3v) is 19.5. The fourth-order valence-corrected chi connectivity index (χ4v) is 14.8. The molecule has 6 heterocycles. The lowest BCUT2D eigenvalue weighted by molar-refractivity contribution is -0.149. The van der Waals surface area contributed by atoms with Gasteiger partial charge in [-0.15, -0.1) is 68.0 Å². The Bertz CT molecular complexity index is 2510. The van der Waals surface area contributed by atoms with E-state index >= 15 is 0 Å². The minimum Gasteiger partial charge on any atom is -0.465 e. The summed E-state index contributed by atoms with van der Waals surface area (Å²) < 4.78 is 12.5. The van der Waals surface area contributed by atoms with Crippen LogP contribution in [0.2, 0.25) is 0 Å². The van der Waals surface area contributed by atoms with Crippen molar-refractivity contribution in [1.29, 1.82) is 0 Å². The summed E-state index contributed by atoms with van der Waals surface area (Å²) in [7, 11) is 0. The number of carbonyl (C=O) groups excluding carboxylic acids is 2. The zero-order valence-corrected chi connectivity index (χ0v) is 41.9. The number of esters is 2. The Morgan fingerprint density at radius 1 is 0.557 bits per heavy atom. The molecule has 6 aromatic rings. The average Bonchev–Trinajstić information content (AvgIpc) is 4.03. The van der Waals surface area contributed by atoms with E-state index in [2.05, 4.69) is 140 Å². The fraction of sp³-hybridized carbons (Fsp3) is 0.412. The van der Waals surface area contributed by atoms with Gasteiger partial charge in [-0.2, -0.15) is 0 Å². The van der Waals surface area contributed by atoms with Gasteiger partial charge in [0.2, 0.25) is 0 Å². The first-order valence-corrected chi connectivity index (χ1v) is 26.1. The lowest BCUT2D eigenvalue weighted by Crippen LogP contribution is -2.29. The maximum atomic E-state index is 13.9. The van der Waals surface area contributed by atoms with E-state index in [0.29, 0.717) is 0 Å². The van der Waals surface area contributed by atoms with E-state index in [9.17, 15) is 9.59 Å². The number of hydrogen-bond acceptors (Lipinski definition) is 10. The molecular weight excluding hydrogens is 869 g/mol. The van der Waals surface area contributed by atoms with Crippen LogP contribution in [0.25, 0.3) is 39.0 Å². The van der Waals surface area contributed by atoms with E-state index in [4.69, 9.17) is 9.47 Å². The molecule has 322 valence electrons. The van der Waals surface area contributed by atoms with Gasteiger partial charge in [-0.1, -0.05) is 65.8 Å². The van der Waals surface area contributed by atoms with Gasteiger partial charge in [0.1, 0.15) is 0 Å². The van der Waals surface area contributed by atoms with Crippen LogP contribution in [0, 0.1) is 37.5 Å². The second-order valence-electron chi connectivity index (χ2n) is 18.2. The molecule has 7 rings (SSSR count). The molecule has 10 heteroatoms. The number of allylic oxidation sites excluding steroid dienone is 4. The highest BCUT2D eigenvalue weighted by atomic mass is 32.1. The number of ether oxygens (including phenoxy) is 2. The maximum absolute atomic E-state index is 13.9. The number of thiophene rings is 6. The normalized spacial score (nSPS) is 18.5. The Balaban J connectivity index is 1.07. The van der Waals surface area contributed by atoms with Crippen molar-refractivity contribution >= 4 is 80.0 Å². The molecule has 0 aromatic carbocycles. The van der Waals surface area contributed by atoms with Crippen molar-refractivity contribution in [3.05, 3.63) is 116 Å². The Morgan fingerprint density at radius 2 is 0.951 bits per heavy atom. The number of carbonyl (C=O) groups is 2. The molecule has 0 spiro atoms. The van der Waals surface area contributed by atoms with Crippen molar-refractivity contribution in [1.82, 2.24) is 0 Å². The monoisotopic (exact) mass is 926 g/mol. The van der Waals surface area contributed by atoms with Crippen molar-refractivity contribution in [3.8, 4) is 39.0 Å². The molecule has 4 atom stereocenters. The quantitative estimate of drug-likeness (QED) is 0.0807. The average molecular weight is 927 g/mol. The molecule has 1 fully saturated rings. The van der Waals surface area contributed by atoms with Gasteiger partial charge < -0.3 is 9.47 Å². The van der Waals surface area contributed by atoms with Crippen LogP contribution in [0.3, 0.4) is 0 Å². The molecule has 1 saturated carbocycles. The molecule has 0 amide bonds. The zero-order valence-electron chi connectivity index (χ0n) is 37.0. The number of hydrogen-bond donors (Lipinski definition) is 0. The summed E-state index contributed by atoms with van der Waals surface area (Å²) in [6.07, 6.45) is 10.00.